The van der Waals surface area contributed by atoms with E-state index in [1.54, 1.807) is 0 Å². The smallest absolute Gasteiger partial charge is 0.0223 e. The molecule has 0 radical (unpaired) electrons. The molecule has 90 valence electrons. The molecule has 0 aromatic carbocycles. The molecule has 1 aliphatic carbocycles. The average Bonchev–Trinajstić information content (AvgIpc) is 3.07. The van der Waals surface area contributed by atoms with Gasteiger partial charge in [-0.3, -0.25) is 4.90 Å². The molecule has 1 aliphatic rings. The molecule has 0 spiro atoms. The molecule has 1 fully saturated rings. The summed E-state index contributed by atoms with van der Waals surface area (Å²) in [6, 6.07) is 1.47. The number of likely N-dealkylation sites (N-methyl/N-ethyl adjacent to an activating group) is 2. The maximum atomic E-state index is 3.65. The number of hydrogen-bond donors (Lipinski definition) is 1. The summed E-state index contributed by atoms with van der Waals surface area (Å²) in [5.74, 6) is 0.961. The van der Waals surface area contributed by atoms with Gasteiger partial charge in [0.2, 0.25) is 0 Å². The van der Waals surface area contributed by atoms with Crippen LogP contribution in [-0.2, 0) is 0 Å². The van der Waals surface area contributed by atoms with Crippen LogP contribution in [0.2, 0.25) is 0 Å². The summed E-state index contributed by atoms with van der Waals surface area (Å²) >= 11 is 0. The van der Waals surface area contributed by atoms with Gasteiger partial charge in [-0.05, 0) is 45.2 Å². The zero-order chi connectivity index (χ0) is 11.3. The molecule has 1 N–H and O–H groups in total. The van der Waals surface area contributed by atoms with E-state index in [1.165, 1.54) is 32.4 Å². The van der Waals surface area contributed by atoms with Crippen molar-refractivity contribution in [3.8, 4) is 0 Å². The molecule has 2 heteroatoms. The first-order chi connectivity index (χ1) is 7.22. The number of nitrogens with one attached hydrogen (secondary N) is 1. The Balaban J connectivity index is 2.39. The minimum absolute atomic E-state index is 0.731. The molecule has 0 bridgehead atoms. The third kappa shape index (κ3) is 4.12. The van der Waals surface area contributed by atoms with E-state index >= 15 is 0 Å². The van der Waals surface area contributed by atoms with Crippen molar-refractivity contribution in [3.05, 3.63) is 0 Å². The molecule has 2 atom stereocenters. The summed E-state index contributed by atoms with van der Waals surface area (Å²) in [5.41, 5.74) is 0. The zero-order valence-electron chi connectivity index (χ0n) is 10.9. The topological polar surface area (TPSA) is 15.3 Å². The second-order valence-electron chi connectivity index (χ2n) is 4.85. The largest absolute Gasteiger partial charge is 0.313 e. The number of nitrogens with zero attached hydrogens (tertiary/aromatic N) is 1. The molecule has 1 rings (SSSR count). The van der Waals surface area contributed by atoms with Gasteiger partial charge in [0.15, 0.2) is 0 Å². The Morgan fingerprint density at radius 1 is 1.27 bits per heavy atom. The van der Waals surface area contributed by atoms with Crippen molar-refractivity contribution < 1.29 is 0 Å². The van der Waals surface area contributed by atoms with Crippen LogP contribution in [0.4, 0.5) is 0 Å². The highest BCUT2D eigenvalue weighted by molar-refractivity contribution is 4.88. The fourth-order valence-corrected chi connectivity index (χ4v) is 2.27. The van der Waals surface area contributed by atoms with Crippen molar-refractivity contribution in [2.45, 2.75) is 59.0 Å². The molecular weight excluding hydrogens is 184 g/mol. The Kier molecular flexibility index (Phi) is 5.62. The van der Waals surface area contributed by atoms with Crippen molar-refractivity contribution in [3.63, 3.8) is 0 Å². The van der Waals surface area contributed by atoms with Gasteiger partial charge in [-0.1, -0.05) is 20.8 Å². The van der Waals surface area contributed by atoms with Gasteiger partial charge < -0.3 is 5.32 Å². The quantitative estimate of drug-likeness (QED) is 0.665. The van der Waals surface area contributed by atoms with Crippen molar-refractivity contribution in [2.75, 3.05) is 19.6 Å². The lowest BCUT2D eigenvalue weighted by Crippen LogP contribution is -2.45. The third-order valence-corrected chi connectivity index (χ3v) is 3.71. The lowest BCUT2D eigenvalue weighted by molar-refractivity contribution is 0.184. The number of rotatable bonds is 8. The van der Waals surface area contributed by atoms with Crippen molar-refractivity contribution >= 4 is 0 Å². The van der Waals surface area contributed by atoms with Crippen LogP contribution < -0.4 is 5.32 Å². The molecule has 2 unspecified atom stereocenters. The normalized spacial score (nSPS) is 20.6. The first-order valence-electron chi connectivity index (χ1n) is 6.70. The minimum Gasteiger partial charge on any atom is -0.313 e. The van der Waals surface area contributed by atoms with Crippen LogP contribution in [0.1, 0.15) is 47.0 Å². The molecular formula is C13H28N2. The fraction of sp³-hybridized carbons (Fsp3) is 1.00. The van der Waals surface area contributed by atoms with Crippen LogP contribution in [0.15, 0.2) is 0 Å². The summed E-state index contributed by atoms with van der Waals surface area (Å²) < 4.78 is 0. The van der Waals surface area contributed by atoms with Crippen LogP contribution >= 0.6 is 0 Å². The zero-order valence-corrected chi connectivity index (χ0v) is 10.9. The van der Waals surface area contributed by atoms with E-state index < -0.39 is 0 Å². The van der Waals surface area contributed by atoms with Crippen molar-refractivity contribution in [1.29, 1.82) is 0 Å². The Hall–Kier alpha value is -0.0800. The van der Waals surface area contributed by atoms with E-state index in [1.807, 2.05) is 0 Å². The maximum Gasteiger partial charge on any atom is 0.0223 e. The molecule has 0 heterocycles. The Morgan fingerprint density at radius 3 is 2.33 bits per heavy atom. The lowest BCUT2D eigenvalue weighted by atomic mass is 10.1. The van der Waals surface area contributed by atoms with Gasteiger partial charge in [-0.25, -0.2) is 0 Å². The van der Waals surface area contributed by atoms with E-state index in [0.29, 0.717) is 0 Å². The monoisotopic (exact) mass is 212 g/mol. The van der Waals surface area contributed by atoms with Gasteiger partial charge in [-0.2, -0.15) is 0 Å². The van der Waals surface area contributed by atoms with Crippen LogP contribution in [0.25, 0.3) is 0 Å². The molecule has 0 aromatic rings. The van der Waals surface area contributed by atoms with Gasteiger partial charge in [-0.15, -0.1) is 0 Å². The van der Waals surface area contributed by atoms with E-state index in [2.05, 4.69) is 37.9 Å². The SMILES string of the molecule is CCNC(CN(CC)C(C)CC)C1CC1. The molecule has 0 aliphatic heterocycles. The van der Waals surface area contributed by atoms with E-state index in [9.17, 15) is 0 Å². The number of hydrogen-bond acceptors (Lipinski definition) is 2. The molecule has 0 amide bonds. The summed E-state index contributed by atoms with van der Waals surface area (Å²) in [4.78, 5) is 2.62. The van der Waals surface area contributed by atoms with E-state index in [0.717, 1.165) is 24.5 Å². The first-order valence-corrected chi connectivity index (χ1v) is 6.70. The maximum absolute atomic E-state index is 3.65. The highest BCUT2D eigenvalue weighted by atomic mass is 15.2. The van der Waals surface area contributed by atoms with Crippen molar-refractivity contribution in [1.82, 2.24) is 10.2 Å². The van der Waals surface area contributed by atoms with Crippen molar-refractivity contribution in [2.24, 2.45) is 5.92 Å². The van der Waals surface area contributed by atoms with Gasteiger partial charge >= 0.3 is 0 Å². The molecule has 0 saturated heterocycles. The standard InChI is InChI=1S/C13H28N2/c1-5-11(4)15(7-3)10-13(14-6-2)12-8-9-12/h11-14H,5-10H2,1-4H3. The molecule has 0 aromatic heterocycles. The van der Waals surface area contributed by atoms with Crippen LogP contribution in [-0.4, -0.2) is 36.6 Å². The second kappa shape index (κ2) is 6.49. The van der Waals surface area contributed by atoms with Gasteiger partial charge in [0.1, 0.15) is 0 Å². The van der Waals surface area contributed by atoms with Crippen LogP contribution in [0.5, 0.6) is 0 Å². The molecule has 1 saturated carbocycles. The highest BCUT2D eigenvalue weighted by Crippen LogP contribution is 2.33. The molecule has 15 heavy (non-hydrogen) atoms. The Labute approximate surface area is 95.4 Å². The highest BCUT2D eigenvalue weighted by Gasteiger charge is 2.31. The summed E-state index contributed by atoms with van der Waals surface area (Å²) in [6.07, 6.45) is 4.14. The van der Waals surface area contributed by atoms with Crippen LogP contribution in [0, 0.1) is 5.92 Å². The van der Waals surface area contributed by atoms with Gasteiger partial charge in [0.05, 0.1) is 0 Å². The Bertz CT molecular complexity index is 166. The third-order valence-electron chi connectivity index (χ3n) is 3.71. The Morgan fingerprint density at radius 2 is 1.93 bits per heavy atom. The van der Waals surface area contributed by atoms with E-state index in [4.69, 9.17) is 0 Å². The minimum atomic E-state index is 0.731. The predicted molar refractivity (Wildman–Crippen MR) is 67.2 cm³/mol. The summed E-state index contributed by atoms with van der Waals surface area (Å²) in [6.45, 7) is 12.7. The predicted octanol–water partition coefficient (Wildman–Crippen LogP) is 2.49. The lowest BCUT2D eigenvalue weighted by Gasteiger charge is -2.31. The second-order valence-corrected chi connectivity index (χ2v) is 4.85. The van der Waals surface area contributed by atoms with Crippen LogP contribution in [0.3, 0.4) is 0 Å². The van der Waals surface area contributed by atoms with Gasteiger partial charge in [0, 0.05) is 18.6 Å². The summed E-state index contributed by atoms with van der Waals surface area (Å²) in [5, 5.41) is 3.65. The fourth-order valence-electron chi connectivity index (χ4n) is 2.27. The van der Waals surface area contributed by atoms with Gasteiger partial charge in [0.25, 0.3) is 0 Å². The average molecular weight is 212 g/mol. The first kappa shape index (κ1) is 13.0. The van der Waals surface area contributed by atoms with E-state index in [-0.39, 0.29) is 0 Å². The molecule has 2 nitrogen and oxygen atoms in total. The summed E-state index contributed by atoms with van der Waals surface area (Å²) in [7, 11) is 0.